The summed E-state index contributed by atoms with van der Waals surface area (Å²) in [6, 6.07) is 10.6. The minimum Gasteiger partial charge on any atom is -0.508 e. The quantitative estimate of drug-likeness (QED) is 0.508. The first-order chi connectivity index (χ1) is 15.4. The van der Waals surface area contributed by atoms with E-state index in [4.69, 9.17) is 4.74 Å². The molecule has 0 heterocycles. The summed E-state index contributed by atoms with van der Waals surface area (Å²) >= 11 is 0. The first kappa shape index (κ1) is 23.1. The van der Waals surface area contributed by atoms with Gasteiger partial charge >= 0.3 is 0 Å². The van der Waals surface area contributed by atoms with Gasteiger partial charge in [-0.2, -0.15) is 0 Å². The van der Waals surface area contributed by atoms with Crippen LogP contribution in [0.4, 0.5) is 5.69 Å². The number of methoxy groups -OCH3 is 1. The summed E-state index contributed by atoms with van der Waals surface area (Å²) in [6.07, 6.45) is 6.32. The molecule has 3 rings (SSSR count). The van der Waals surface area contributed by atoms with Gasteiger partial charge in [-0.1, -0.05) is 37.3 Å². The van der Waals surface area contributed by atoms with Gasteiger partial charge in [0.1, 0.15) is 11.5 Å². The molecule has 168 valence electrons. The van der Waals surface area contributed by atoms with Crippen LogP contribution in [-0.2, 0) is 11.2 Å². The standard InChI is InChI=1S/C25H28N2O5/c1-3-16-9-11-18(12-10-16)24(30)27-22(17-7-5-4-6-8-17)23(29)25(31)26-19-13-20(28)15-21(14-19)32-2/h4-5,7,9-15,22-23,28-29H,3,6,8H2,1-2H3,(H,26,31)(H,27,30)/t22?,23-/m1/s1. The Morgan fingerprint density at radius 2 is 1.91 bits per heavy atom. The number of phenolic OH excluding ortho intramolecular Hbond substituents is 1. The smallest absolute Gasteiger partial charge is 0.255 e. The molecule has 0 aromatic heterocycles. The Balaban J connectivity index is 1.80. The Bertz CT molecular complexity index is 1030. The number of phenols is 1. The van der Waals surface area contributed by atoms with Crippen LogP contribution in [0.1, 0.15) is 35.7 Å². The fourth-order valence-electron chi connectivity index (χ4n) is 3.51. The fourth-order valence-corrected chi connectivity index (χ4v) is 3.51. The summed E-state index contributed by atoms with van der Waals surface area (Å²) in [5.41, 5.74) is 2.58. The normalized spacial score (nSPS) is 14.8. The Morgan fingerprint density at radius 1 is 1.16 bits per heavy atom. The summed E-state index contributed by atoms with van der Waals surface area (Å²) in [5.74, 6) is -0.816. The highest BCUT2D eigenvalue weighted by Gasteiger charge is 2.31. The van der Waals surface area contributed by atoms with E-state index in [1.54, 1.807) is 12.1 Å². The third kappa shape index (κ3) is 5.76. The van der Waals surface area contributed by atoms with E-state index in [9.17, 15) is 19.8 Å². The van der Waals surface area contributed by atoms with E-state index < -0.39 is 18.1 Å². The monoisotopic (exact) mass is 436 g/mol. The molecule has 4 N–H and O–H groups in total. The lowest BCUT2D eigenvalue weighted by molar-refractivity contribution is -0.124. The van der Waals surface area contributed by atoms with E-state index in [2.05, 4.69) is 10.6 Å². The van der Waals surface area contributed by atoms with Gasteiger partial charge in [0, 0.05) is 29.4 Å². The molecule has 32 heavy (non-hydrogen) atoms. The van der Waals surface area contributed by atoms with Crippen LogP contribution in [0.25, 0.3) is 0 Å². The van der Waals surface area contributed by atoms with Crippen molar-refractivity contribution in [3.63, 3.8) is 0 Å². The van der Waals surface area contributed by atoms with Crippen molar-refractivity contribution in [1.82, 2.24) is 5.32 Å². The minimum atomic E-state index is -1.54. The van der Waals surface area contributed by atoms with Gasteiger partial charge in [0.2, 0.25) is 0 Å². The lowest BCUT2D eigenvalue weighted by Gasteiger charge is -2.27. The number of hydrogen-bond acceptors (Lipinski definition) is 5. The molecule has 0 aliphatic heterocycles. The summed E-state index contributed by atoms with van der Waals surface area (Å²) in [4.78, 5) is 25.7. The molecule has 1 unspecified atom stereocenters. The summed E-state index contributed by atoms with van der Waals surface area (Å²) in [6.45, 7) is 2.03. The van der Waals surface area contributed by atoms with E-state index in [1.807, 2.05) is 37.3 Å². The van der Waals surface area contributed by atoms with E-state index in [-0.39, 0.29) is 17.3 Å². The molecular weight excluding hydrogens is 408 g/mol. The number of carbonyl (C=O) groups excluding carboxylic acids is 2. The van der Waals surface area contributed by atoms with Crippen LogP contribution in [0.3, 0.4) is 0 Å². The van der Waals surface area contributed by atoms with E-state index in [1.165, 1.54) is 25.3 Å². The topological polar surface area (TPSA) is 108 Å². The van der Waals surface area contributed by atoms with Crippen molar-refractivity contribution in [2.75, 3.05) is 12.4 Å². The van der Waals surface area contributed by atoms with E-state index >= 15 is 0 Å². The molecule has 1 aliphatic rings. The highest BCUT2D eigenvalue weighted by Crippen LogP contribution is 2.26. The lowest BCUT2D eigenvalue weighted by Crippen LogP contribution is -2.50. The van der Waals surface area contributed by atoms with Gasteiger partial charge in [-0.3, -0.25) is 9.59 Å². The fraction of sp³-hybridized carbons (Fsp3) is 0.280. The summed E-state index contributed by atoms with van der Waals surface area (Å²) < 4.78 is 5.09. The van der Waals surface area contributed by atoms with Gasteiger partial charge in [-0.15, -0.1) is 0 Å². The number of aromatic hydroxyl groups is 1. The molecule has 0 spiro atoms. The van der Waals surface area contributed by atoms with Crippen molar-refractivity contribution in [2.24, 2.45) is 0 Å². The molecule has 1 aliphatic carbocycles. The number of amides is 2. The molecule has 0 saturated carbocycles. The summed E-state index contributed by atoms with van der Waals surface area (Å²) in [7, 11) is 1.44. The molecule has 0 bridgehead atoms. The third-order valence-electron chi connectivity index (χ3n) is 5.34. The second-order valence-electron chi connectivity index (χ2n) is 7.56. The maximum atomic E-state index is 12.9. The molecule has 7 heteroatoms. The average Bonchev–Trinajstić information content (AvgIpc) is 2.82. The first-order valence-corrected chi connectivity index (χ1v) is 10.5. The minimum absolute atomic E-state index is 0.0883. The number of rotatable bonds is 8. The highest BCUT2D eigenvalue weighted by molar-refractivity contribution is 5.98. The number of aliphatic hydroxyl groups is 1. The van der Waals surface area contributed by atoms with Crippen molar-refractivity contribution in [2.45, 2.75) is 38.3 Å². The number of carbonyl (C=O) groups is 2. The summed E-state index contributed by atoms with van der Waals surface area (Å²) in [5, 5.41) is 26.1. The molecule has 0 saturated heterocycles. The van der Waals surface area contributed by atoms with Crippen LogP contribution in [-0.4, -0.2) is 41.3 Å². The Morgan fingerprint density at radius 3 is 2.53 bits per heavy atom. The van der Waals surface area contributed by atoms with E-state index in [0.717, 1.165) is 24.0 Å². The number of anilines is 1. The molecule has 2 atom stereocenters. The van der Waals surface area contributed by atoms with Crippen LogP contribution in [0.2, 0.25) is 0 Å². The zero-order valence-corrected chi connectivity index (χ0v) is 18.2. The number of benzene rings is 2. The third-order valence-corrected chi connectivity index (χ3v) is 5.34. The number of nitrogens with one attached hydrogen (secondary N) is 2. The molecule has 2 aromatic carbocycles. The van der Waals surface area contributed by atoms with Crippen molar-refractivity contribution >= 4 is 17.5 Å². The molecule has 0 fully saturated rings. The van der Waals surface area contributed by atoms with Crippen LogP contribution in [0.5, 0.6) is 11.5 Å². The zero-order chi connectivity index (χ0) is 23.1. The number of allylic oxidation sites excluding steroid dienone is 3. The second kappa shape index (κ2) is 10.6. The number of ether oxygens (including phenoxy) is 1. The zero-order valence-electron chi connectivity index (χ0n) is 18.2. The van der Waals surface area contributed by atoms with Crippen LogP contribution in [0, 0.1) is 0 Å². The van der Waals surface area contributed by atoms with Gasteiger partial charge in [-0.05, 0) is 42.5 Å². The van der Waals surface area contributed by atoms with Gasteiger partial charge in [0.25, 0.3) is 11.8 Å². The van der Waals surface area contributed by atoms with Crippen molar-refractivity contribution < 1.29 is 24.5 Å². The maximum absolute atomic E-state index is 12.9. The highest BCUT2D eigenvalue weighted by atomic mass is 16.5. The number of aliphatic hydroxyl groups excluding tert-OH is 1. The van der Waals surface area contributed by atoms with E-state index in [0.29, 0.717) is 17.7 Å². The van der Waals surface area contributed by atoms with Gasteiger partial charge in [-0.25, -0.2) is 0 Å². The number of hydrogen-bond donors (Lipinski definition) is 4. The largest absolute Gasteiger partial charge is 0.508 e. The molecular formula is C25H28N2O5. The number of aryl methyl sites for hydroxylation is 1. The Hall–Kier alpha value is -3.58. The van der Waals surface area contributed by atoms with Crippen molar-refractivity contribution in [1.29, 1.82) is 0 Å². The SMILES string of the molecule is CCc1ccc(C(=O)NC(C2=CC=CCC2)[C@@H](O)C(=O)Nc2cc(O)cc(OC)c2)cc1. The first-order valence-electron chi connectivity index (χ1n) is 10.5. The molecule has 2 aromatic rings. The second-order valence-corrected chi connectivity index (χ2v) is 7.56. The average molecular weight is 437 g/mol. The van der Waals surface area contributed by atoms with Crippen LogP contribution < -0.4 is 15.4 Å². The molecule has 0 radical (unpaired) electrons. The maximum Gasteiger partial charge on any atom is 0.255 e. The van der Waals surface area contributed by atoms with Gasteiger partial charge in [0.05, 0.1) is 13.2 Å². The lowest BCUT2D eigenvalue weighted by atomic mass is 9.93. The molecule has 7 nitrogen and oxygen atoms in total. The van der Waals surface area contributed by atoms with Gasteiger partial charge < -0.3 is 25.6 Å². The van der Waals surface area contributed by atoms with Crippen LogP contribution >= 0.6 is 0 Å². The Kier molecular flexibility index (Phi) is 7.68. The van der Waals surface area contributed by atoms with Crippen molar-refractivity contribution in [3.8, 4) is 11.5 Å². The Labute approximate surface area is 187 Å². The predicted octanol–water partition coefficient (Wildman–Crippen LogP) is 3.34. The predicted molar refractivity (Wildman–Crippen MR) is 123 cm³/mol. The van der Waals surface area contributed by atoms with Crippen molar-refractivity contribution in [3.05, 3.63) is 77.4 Å². The molecule has 2 amide bonds. The van der Waals surface area contributed by atoms with Crippen LogP contribution in [0.15, 0.2) is 66.3 Å². The van der Waals surface area contributed by atoms with Gasteiger partial charge in [0.15, 0.2) is 6.10 Å².